The maximum Gasteiger partial charge on any atom is 0.340 e. The molecule has 0 bridgehead atoms. The van der Waals surface area contributed by atoms with Crippen molar-refractivity contribution >= 4 is 28.4 Å². The highest BCUT2D eigenvalue weighted by molar-refractivity contribution is 7.11. The van der Waals surface area contributed by atoms with Gasteiger partial charge in [-0.2, -0.15) is 4.37 Å². The molecular formula is C15H16N2O3S. The minimum atomic E-state index is -1.08. The third kappa shape index (κ3) is 3.28. The third-order valence-corrected chi connectivity index (χ3v) is 4.09. The lowest BCUT2D eigenvalue weighted by molar-refractivity contribution is -0.117. The Morgan fingerprint density at radius 2 is 2.00 bits per heavy atom. The second-order valence-electron chi connectivity index (χ2n) is 4.64. The summed E-state index contributed by atoms with van der Waals surface area (Å²) in [5.74, 6) is -1.60. The smallest absolute Gasteiger partial charge is 0.340 e. The van der Waals surface area contributed by atoms with E-state index >= 15 is 0 Å². The Bertz CT molecular complexity index is 652. The highest BCUT2D eigenvalue weighted by Crippen LogP contribution is 2.27. The SMILES string of the molecule is CCC(C(=O)Nc1snc(C)c1C(=O)O)c1ccccc1. The topological polar surface area (TPSA) is 79.3 Å². The van der Waals surface area contributed by atoms with Crippen molar-refractivity contribution in [2.45, 2.75) is 26.2 Å². The molecule has 0 fully saturated rings. The predicted molar refractivity (Wildman–Crippen MR) is 81.9 cm³/mol. The number of hydrogen-bond acceptors (Lipinski definition) is 4. The second-order valence-corrected chi connectivity index (χ2v) is 5.41. The predicted octanol–water partition coefficient (Wildman–Crippen LogP) is 3.28. The van der Waals surface area contributed by atoms with E-state index in [0.29, 0.717) is 17.1 Å². The molecule has 0 saturated heterocycles. The molecule has 1 heterocycles. The van der Waals surface area contributed by atoms with Gasteiger partial charge in [-0.3, -0.25) is 4.79 Å². The minimum Gasteiger partial charge on any atom is -0.478 e. The molecule has 2 N–H and O–H groups in total. The molecule has 110 valence electrons. The number of carbonyl (C=O) groups excluding carboxylic acids is 1. The van der Waals surface area contributed by atoms with Gasteiger partial charge in [-0.1, -0.05) is 37.3 Å². The fourth-order valence-corrected chi connectivity index (χ4v) is 2.96. The molecular weight excluding hydrogens is 288 g/mol. The summed E-state index contributed by atoms with van der Waals surface area (Å²) in [6.45, 7) is 3.54. The molecule has 21 heavy (non-hydrogen) atoms. The average molecular weight is 304 g/mol. The molecule has 5 nitrogen and oxygen atoms in total. The Kier molecular flexibility index (Phi) is 4.70. The maximum absolute atomic E-state index is 12.4. The normalized spacial score (nSPS) is 11.9. The van der Waals surface area contributed by atoms with Crippen LogP contribution in [0.2, 0.25) is 0 Å². The highest BCUT2D eigenvalue weighted by Gasteiger charge is 2.23. The lowest BCUT2D eigenvalue weighted by Crippen LogP contribution is -2.21. The fourth-order valence-electron chi connectivity index (χ4n) is 2.16. The zero-order valence-corrected chi connectivity index (χ0v) is 12.6. The molecule has 1 atom stereocenters. The molecule has 0 spiro atoms. The number of aromatic nitrogens is 1. The van der Waals surface area contributed by atoms with Crippen LogP contribution in [0, 0.1) is 6.92 Å². The average Bonchev–Trinajstić information content (AvgIpc) is 2.81. The van der Waals surface area contributed by atoms with Crippen LogP contribution in [0.15, 0.2) is 30.3 Å². The Morgan fingerprint density at radius 1 is 1.33 bits per heavy atom. The summed E-state index contributed by atoms with van der Waals surface area (Å²) in [4.78, 5) is 23.6. The molecule has 0 saturated carbocycles. The number of benzene rings is 1. The van der Waals surface area contributed by atoms with Crippen LogP contribution in [-0.4, -0.2) is 21.4 Å². The molecule has 1 aromatic carbocycles. The first-order chi connectivity index (χ1) is 10.0. The second kappa shape index (κ2) is 6.49. The van der Waals surface area contributed by atoms with E-state index in [9.17, 15) is 14.7 Å². The summed E-state index contributed by atoms with van der Waals surface area (Å²) in [6.07, 6.45) is 0.635. The van der Waals surface area contributed by atoms with Gasteiger partial charge in [0.1, 0.15) is 10.6 Å². The standard InChI is InChI=1S/C15H16N2O3S/c1-3-11(10-7-5-4-6-8-10)13(18)16-14-12(15(19)20)9(2)17-21-14/h4-8,11H,3H2,1-2H3,(H,16,18)(H,19,20). The molecule has 2 aromatic rings. The molecule has 1 amide bonds. The third-order valence-electron chi connectivity index (χ3n) is 3.24. The molecule has 6 heteroatoms. The van der Waals surface area contributed by atoms with Gasteiger partial charge in [-0.25, -0.2) is 4.79 Å². The number of carboxylic acids is 1. The van der Waals surface area contributed by atoms with Gasteiger partial charge in [-0.05, 0) is 30.4 Å². The van der Waals surface area contributed by atoms with Gasteiger partial charge < -0.3 is 10.4 Å². The molecule has 1 aromatic heterocycles. The number of hydrogen-bond donors (Lipinski definition) is 2. The van der Waals surface area contributed by atoms with Crippen LogP contribution >= 0.6 is 11.5 Å². The number of nitrogens with zero attached hydrogens (tertiary/aromatic N) is 1. The van der Waals surface area contributed by atoms with E-state index in [1.807, 2.05) is 37.3 Å². The molecule has 0 aliphatic carbocycles. The first kappa shape index (κ1) is 15.2. The van der Waals surface area contributed by atoms with Crippen molar-refractivity contribution in [1.82, 2.24) is 4.37 Å². The summed E-state index contributed by atoms with van der Waals surface area (Å²) in [5, 5.41) is 12.2. The van der Waals surface area contributed by atoms with Crippen LogP contribution in [0.3, 0.4) is 0 Å². The monoisotopic (exact) mass is 304 g/mol. The van der Waals surface area contributed by atoms with Crippen molar-refractivity contribution in [3.63, 3.8) is 0 Å². The van der Waals surface area contributed by atoms with Crippen molar-refractivity contribution in [2.24, 2.45) is 0 Å². The van der Waals surface area contributed by atoms with Gasteiger partial charge in [0.05, 0.1) is 11.6 Å². The number of rotatable bonds is 5. The van der Waals surface area contributed by atoms with E-state index < -0.39 is 5.97 Å². The van der Waals surface area contributed by atoms with E-state index in [-0.39, 0.29) is 17.4 Å². The zero-order valence-electron chi connectivity index (χ0n) is 11.8. The molecule has 0 radical (unpaired) electrons. The van der Waals surface area contributed by atoms with E-state index in [0.717, 1.165) is 17.1 Å². The first-order valence-corrected chi connectivity index (χ1v) is 7.37. The van der Waals surface area contributed by atoms with Gasteiger partial charge >= 0.3 is 5.97 Å². The van der Waals surface area contributed by atoms with Crippen molar-refractivity contribution < 1.29 is 14.7 Å². The number of amides is 1. The maximum atomic E-state index is 12.4. The molecule has 1 unspecified atom stereocenters. The van der Waals surface area contributed by atoms with E-state index in [4.69, 9.17) is 0 Å². The van der Waals surface area contributed by atoms with Crippen LogP contribution < -0.4 is 5.32 Å². The molecule has 0 aliphatic heterocycles. The number of carbonyl (C=O) groups is 2. The van der Waals surface area contributed by atoms with Gasteiger partial charge in [-0.15, -0.1) is 0 Å². The summed E-state index contributed by atoms with van der Waals surface area (Å²) < 4.78 is 3.99. The fraction of sp³-hybridized carbons (Fsp3) is 0.267. The highest BCUT2D eigenvalue weighted by atomic mass is 32.1. The molecule has 2 rings (SSSR count). The van der Waals surface area contributed by atoms with Crippen LogP contribution in [0.25, 0.3) is 0 Å². The van der Waals surface area contributed by atoms with Gasteiger partial charge in [0.2, 0.25) is 5.91 Å². The number of anilines is 1. The number of carboxylic acid groups (broad SMARTS) is 1. The summed E-state index contributed by atoms with van der Waals surface area (Å²) in [6, 6.07) is 9.44. The minimum absolute atomic E-state index is 0.0660. The Balaban J connectivity index is 2.23. The van der Waals surface area contributed by atoms with Gasteiger partial charge in [0, 0.05) is 0 Å². The van der Waals surface area contributed by atoms with Gasteiger partial charge in [0.25, 0.3) is 0 Å². The lowest BCUT2D eigenvalue weighted by Gasteiger charge is -2.14. The number of aryl methyl sites for hydroxylation is 1. The number of aromatic carboxylic acids is 1. The lowest BCUT2D eigenvalue weighted by atomic mass is 9.96. The van der Waals surface area contributed by atoms with Crippen molar-refractivity contribution in [1.29, 1.82) is 0 Å². The van der Waals surface area contributed by atoms with E-state index in [2.05, 4.69) is 9.69 Å². The summed E-state index contributed by atoms with van der Waals surface area (Å²) in [7, 11) is 0. The van der Waals surface area contributed by atoms with Crippen LogP contribution in [-0.2, 0) is 4.79 Å². The van der Waals surface area contributed by atoms with Crippen molar-refractivity contribution in [3.8, 4) is 0 Å². The van der Waals surface area contributed by atoms with Gasteiger partial charge in [0.15, 0.2) is 0 Å². The van der Waals surface area contributed by atoms with Crippen molar-refractivity contribution in [3.05, 3.63) is 47.2 Å². The number of nitrogens with one attached hydrogen (secondary N) is 1. The zero-order chi connectivity index (χ0) is 15.4. The molecule has 0 aliphatic rings. The summed E-state index contributed by atoms with van der Waals surface area (Å²) >= 11 is 0.993. The summed E-state index contributed by atoms with van der Waals surface area (Å²) in [5.41, 5.74) is 1.39. The Hall–Kier alpha value is -2.21. The van der Waals surface area contributed by atoms with E-state index in [1.54, 1.807) is 6.92 Å². The Labute approximate surface area is 126 Å². The van der Waals surface area contributed by atoms with Crippen molar-refractivity contribution in [2.75, 3.05) is 5.32 Å². The largest absolute Gasteiger partial charge is 0.478 e. The Morgan fingerprint density at radius 3 is 2.57 bits per heavy atom. The van der Waals surface area contributed by atoms with E-state index in [1.165, 1.54) is 0 Å². The van der Waals surface area contributed by atoms with Crippen LogP contribution in [0.1, 0.15) is 40.9 Å². The van der Waals surface area contributed by atoms with Crippen LogP contribution in [0.4, 0.5) is 5.00 Å². The first-order valence-electron chi connectivity index (χ1n) is 6.60. The van der Waals surface area contributed by atoms with Crippen LogP contribution in [0.5, 0.6) is 0 Å². The quantitative estimate of drug-likeness (QED) is 0.888.